The van der Waals surface area contributed by atoms with Crippen molar-refractivity contribution >= 4 is 52.7 Å². The first-order chi connectivity index (χ1) is 23.5. The second kappa shape index (κ2) is 17.2. The number of halogens is 1. The van der Waals surface area contributed by atoms with Crippen molar-refractivity contribution in [2.45, 2.75) is 33.4 Å². The van der Waals surface area contributed by atoms with Crippen LogP contribution in [0.1, 0.15) is 53.9 Å². The molecular weight excluding hydrogens is 751 g/mol. The fraction of sp³-hybridized carbons (Fsp3) is 0.265. The zero-order chi connectivity index (χ0) is 35.5. The second-order valence-electron chi connectivity index (χ2n) is 10.3. The van der Waals surface area contributed by atoms with Gasteiger partial charge in [-0.25, -0.2) is 19.8 Å². The van der Waals surface area contributed by atoms with Gasteiger partial charge in [0.05, 0.1) is 47.3 Å². The maximum Gasteiger partial charge on any atom is 0.338 e. The van der Waals surface area contributed by atoms with Gasteiger partial charge in [0.15, 0.2) is 29.6 Å². The average molecular weight is 787 g/mol. The van der Waals surface area contributed by atoms with Crippen molar-refractivity contribution in [3.8, 4) is 23.0 Å². The van der Waals surface area contributed by atoms with E-state index < -0.39 is 29.9 Å². The van der Waals surface area contributed by atoms with E-state index in [1.54, 1.807) is 56.3 Å². The van der Waals surface area contributed by atoms with E-state index >= 15 is 0 Å². The van der Waals surface area contributed by atoms with Crippen LogP contribution in [0.4, 0.5) is 4.79 Å². The minimum atomic E-state index is -1.00. The number of urea groups is 1. The molecule has 49 heavy (non-hydrogen) atoms. The number of ether oxygens (including phenoxy) is 5. The quantitative estimate of drug-likeness (QED) is 0.0730. The van der Waals surface area contributed by atoms with E-state index in [9.17, 15) is 19.2 Å². The van der Waals surface area contributed by atoms with Crippen LogP contribution in [0.3, 0.4) is 0 Å². The predicted molar refractivity (Wildman–Crippen MR) is 186 cm³/mol. The van der Waals surface area contributed by atoms with Gasteiger partial charge in [0, 0.05) is 5.70 Å². The lowest BCUT2D eigenvalue weighted by atomic mass is 9.95. The van der Waals surface area contributed by atoms with E-state index in [1.807, 2.05) is 6.92 Å². The Balaban J connectivity index is 1.38. The van der Waals surface area contributed by atoms with Crippen LogP contribution in [0.15, 0.2) is 71.0 Å². The van der Waals surface area contributed by atoms with Crippen LogP contribution in [-0.4, -0.2) is 62.1 Å². The smallest absolute Gasteiger partial charge is 0.338 e. The first-order valence-corrected chi connectivity index (χ1v) is 16.1. The molecule has 3 amide bonds. The van der Waals surface area contributed by atoms with Crippen LogP contribution in [0, 0.1) is 3.57 Å². The number of nitrogens with zero attached hydrogens (tertiary/aromatic N) is 1. The summed E-state index contributed by atoms with van der Waals surface area (Å²) in [5.41, 5.74) is 5.21. The fourth-order valence-corrected chi connectivity index (χ4v) is 5.51. The topological polar surface area (TPSA) is 183 Å². The monoisotopic (exact) mass is 786 g/mol. The van der Waals surface area contributed by atoms with Crippen molar-refractivity contribution in [3.63, 3.8) is 0 Å². The molecular formula is C34H35IN4O10. The van der Waals surface area contributed by atoms with Crippen LogP contribution in [-0.2, 0) is 20.9 Å². The molecule has 0 unspecified atom stereocenters. The van der Waals surface area contributed by atoms with E-state index in [4.69, 9.17) is 28.8 Å². The molecule has 258 valence electrons. The molecule has 1 atom stereocenters. The number of hydrazone groups is 1. The summed E-state index contributed by atoms with van der Waals surface area (Å²) < 4.78 is 28.8. The van der Waals surface area contributed by atoms with Gasteiger partial charge in [-0.1, -0.05) is 18.2 Å². The Hall–Kier alpha value is -5.32. The molecule has 0 fully saturated rings. The standard InChI is InChI=1S/C34H35IN4O10/c1-5-46-27-14-21(13-24(35)31(27)49-17-20-7-9-22(10-8-20)32(41)42)16-36-39-28(40)18-48-25-12-11-23(15-26(25)45-4)30-29(33(43)47-6-2)19(3)37-34(44)38-30/h7-16,30H,5-6,17-18H2,1-4H3,(H,39,40)(H,41,42)(H2,37,38,44)/b36-16-/t30-/m0/s1. The number of benzene rings is 3. The zero-order valence-electron chi connectivity index (χ0n) is 27.1. The number of hydrogen-bond donors (Lipinski definition) is 4. The number of aromatic carboxylic acids is 1. The molecule has 3 aromatic rings. The summed E-state index contributed by atoms with van der Waals surface area (Å²) >= 11 is 2.11. The van der Waals surface area contributed by atoms with Crippen LogP contribution < -0.4 is 35.0 Å². The third kappa shape index (κ3) is 9.62. The molecule has 4 rings (SSSR count). The van der Waals surface area contributed by atoms with Gasteiger partial charge >= 0.3 is 18.0 Å². The van der Waals surface area contributed by atoms with Gasteiger partial charge in [0.2, 0.25) is 0 Å². The van der Waals surface area contributed by atoms with Crippen molar-refractivity contribution < 1.29 is 48.0 Å². The Morgan fingerprint density at radius 1 is 0.980 bits per heavy atom. The minimum absolute atomic E-state index is 0.170. The van der Waals surface area contributed by atoms with Gasteiger partial charge in [-0.15, -0.1) is 0 Å². The number of carboxylic acid groups (broad SMARTS) is 1. The largest absolute Gasteiger partial charge is 0.493 e. The highest BCUT2D eigenvalue weighted by atomic mass is 127. The van der Waals surface area contributed by atoms with Crippen molar-refractivity contribution in [2.75, 3.05) is 26.9 Å². The second-order valence-corrected chi connectivity index (χ2v) is 11.5. The highest BCUT2D eigenvalue weighted by Crippen LogP contribution is 2.36. The summed E-state index contributed by atoms with van der Waals surface area (Å²) in [6, 6.07) is 13.5. The summed E-state index contributed by atoms with van der Waals surface area (Å²) in [5, 5.41) is 18.5. The predicted octanol–water partition coefficient (Wildman–Crippen LogP) is 4.70. The molecule has 1 aliphatic rings. The molecule has 4 N–H and O–H groups in total. The van der Waals surface area contributed by atoms with Gasteiger partial charge in [0.25, 0.3) is 5.91 Å². The number of carboxylic acids is 1. The Morgan fingerprint density at radius 2 is 1.73 bits per heavy atom. The molecule has 1 aliphatic heterocycles. The first kappa shape index (κ1) is 36.5. The van der Waals surface area contributed by atoms with E-state index in [2.05, 4.69) is 43.8 Å². The summed E-state index contributed by atoms with van der Waals surface area (Å²) in [5.74, 6) is -0.571. The SMILES string of the molecule is CCOC(=O)C1=C(C)NC(=O)N[C@H]1c1ccc(OCC(=O)N/N=C\c2cc(I)c(OCc3ccc(C(=O)O)cc3)c(OCC)c2)c(OC)c1. The van der Waals surface area contributed by atoms with E-state index in [-0.39, 0.29) is 42.5 Å². The number of amides is 3. The van der Waals surface area contributed by atoms with Gasteiger partial charge in [-0.3, -0.25) is 4.79 Å². The van der Waals surface area contributed by atoms with Gasteiger partial charge in [0.1, 0.15) is 6.61 Å². The van der Waals surface area contributed by atoms with Crippen molar-refractivity contribution in [1.82, 2.24) is 16.1 Å². The Bertz CT molecular complexity index is 1780. The van der Waals surface area contributed by atoms with Gasteiger partial charge in [-0.2, -0.15) is 5.10 Å². The lowest BCUT2D eigenvalue weighted by molar-refractivity contribution is -0.139. The number of allylic oxidation sites excluding steroid dienone is 1. The third-order valence-corrected chi connectivity index (χ3v) is 7.76. The molecule has 0 saturated heterocycles. The van der Waals surface area contributed by atoms with E-state index in [1.165, 1.54) is 25.5 Å². The van der Waals surface area contributed by atoms with Gasteiger partial charge in [-0.05, 0) is 96.5 Å². The van der Waals surface area contributed by atoms with Crippen LogP contribution in [0.5, 0.6) is 23.0 Å². The zero-order valence-corrected chi connectivity index (χ0v) is 29.3. The maximum atomic E-state index is 12.6. The number of hydrogen-bond acceptors (Lipinski definition) is 10. The summed E-state index contributed by atoms with van der Waals surface area (Å²) in [4.78, 5) is 48.5. The normalized spacial score (nSPS) is 14.1. The molecule has 0 radical (unpaired) electrons. The van der Waals surface area contributed by atoms with Crippen LogP contribution in [0.2, 0.25) is 0 Å². The number of nitrogens with one attached hydrogen (secondary N) is 3. The molecule has 0 aliphatic carbocycles. The van der Waals surface area contributed by atoms with Crippen molar-refractivity contribution in [1.29, 1.82) is 0 Å². The summed E-state index contributed by atoms with van der Waals surface area (Å²) in [6.45, 7) is 5.52. The van der Waals surface area contributed by atoms with Crippen molar-refractivity contribution in [2.24, 2.45) is 5.10 Å². The maximum absolute atomic E-state index is 12.6. The molecule has 0 spiro atoms. The molecule has 15 heteroatoms. The van der Waals surface area contributed by atoms with Crippen LogP contribution >= 0.6 is 22.6 Å². The number of rotatable bonds is 15. The highest BCUT2D eigenvalue weighted by Gasteiger charge is 2.32. The number of esters is 1. The van der Waals surface area contributed by atoms with E-state index in [0.717, 1.165) is 9.13 Å². The first-order valence-electron chi connectivity index (χ1n) is 15.0. The third-order valence-electron chi connectivity index (χ3n) is 6.96. The Labute approximate surface area is 295 Å². The number of methoxy groups -OCH3 is 1. The van der Waals surface area contributed by atoms with Crippen molar-refractivity contribution in [3.05, 3.63) is 91.7 Å². The lowest BCUT2D eigenvalue weighted by Crippen LogP contribution is -2.45. The summed E-state index contributed by atoms with van der Waals surface area (Å²) in [7, 11) is 1.43. The average Bonchev–Trinajstić information content (AvgIpc) is 3.07. The van der Waals surface area contributed by atoms with E-state index in [0.29, 0.717) is 34.9 Å². The minimum Gasteiger partial charge on any atom is -0.493 e. The summed E-state index contributed by atoms with van der Waals surface area (Å²) in [6.07, 6.45) is 1.45. The molecule has 3 aromatic carbocycles. The Morgan fingerprint density at radius 3 is 2.41 bits per heavy atom. The number of carbonyl (C=O) groups excluding carboxylic acids is 3. The lowest BCUT2D eigenvalue weighted by Gasteiger charge is -2.28. The molecule has 14 nitrogen and oxygen atoms in total. The molecule has 0 saturated carbocycles. The number of carbonyl (C=O) groups is 4. The fourth-order valence-electron chi connectivity index (χ4n) is 4.73. The molecule has 1 heterocycles. The highest BCUT2D eigenvalue weighted by molar-refractivity contribution is 14.1. The molecule has 0 aromatic heterocycles. The Kier molecular flexibility index (Phi) is 12.8. The van der Waals surface area contributed by atoms with Crippen LogP contribution in [0.25, 0.3) is 0 Å². The van der Waals surface area contributed by atoms with Gasteiger partial charge < -0.3 is 39.4 Å². The molecule has 0 bridgehead atoms.